The number of hydrogen-bond donors (Lipinski definition) is 0. The van der Waals surface area contributed by atoms with Crippen molar-refractivity contribution in [3.8, 4) is 0 Å². The first-order valence-electron chi connectivity index (χ1n) is 10.5. The minimum absolute atomic E-state index is 0.0227. The number of aryl methyl sites for hydroxylation is 1. The number of nitrogens with zero attached hydrogens (tertiary/aromatic N) is 7. The van der Waals surface area contributed by atoms with Crippen LogP contribution in [0.3, 0.4) is 0 Å². The van der Waals surface area contributed by atoms with E-state index in [1.807, 2.05) is 46.2 Å². The fourth-order valence-corrected chi connectivity index (χ4v) is 4.39. The van der Waals surface area contributed by atoms with E-state index in [4.69, 9.17) is 0 Å². The Morgan fingerprint density at radius 1 is 0.839 bits per heavy atom. The van der Waals surface area contributed by atoms with Gasteiger partial charge >= 0.3 is 5.69 Å². The maximum absolute atomic E-state index is 12.2. The molecule has 4 heterocycles. The van der Waals surface area contributed by atoms with E-state index in [-0.39, 0.29) is 10.6 Å². The zero-order chi connectivity index (χ0) is 21.2. The van der Waals surface area contributed by atoms with Crippen molar-refractivity contribution >= 4 is 28.8 Å². The molecule has 2 aliphatic rings. The van der Waals surface area contributed by atoms with Gasteiger partial charge in [0.2, 0.25) is 11.6 Å². The summed E-state index contributed by atoms with van der Waals surface area (Å²) in [6, 6.07) is 13.9. The molecule has 2 aromatic heterocycles. The Labute approximate surface area is 180 Å². The van der Waals surface area contributed by atoms with Crippen LogP contribution in [0.15, 0.2) is 55.0 Å². The maximum atomic E-state index is 12.2. The Bertz CT molecular complexity index is 1080. The number of rotatable bonds is 4. The van der Waals surface area contributed by atoms with Crippen LogP contribution in [0.1, 0.15) is 12.0 Å². The molecule has 9 heteroatoms. The molecule has 0 bridgehead atoms. The Kier molecular flexibility index (Phi) is 5.07. The topological polar surface area (TPSA) is 91.5 Å². The molecule has 3 aromatic rings. The first kappa shape index (κ1) is 19.2. The average Bonchev–Trinajstić information content (AvgIpc) is 2.84. The van der Waals surface area contributed by atoms with Gasteiger partial charge in [-0.3, -0.25) is 10.1 Å². The van der Waals surface area contributed by atoms with Gasteiger partial charge in [-0.15, -0.1) is 0 Å². The molecule has 0 radical (unpaired) electrons. The molecule has 2 aliphatic heterocycles. The zero-order valence-corrected chi connectivity index (χ0v) is 17.1. The summed E-state index contributed by atoms with van der Waals surface area (Å²) in [7, 11) is 0. The number of piperazine rings is 1. The lowest BCUT2D eigenvalue weighted by molar-refractivity contribution is -0.383. The van der Waals surface area contributed by atoms with E-state index < -0.39 is 0 Å². The first-order chi connectivity index (χ1) is 15.2. The molecule has 0 spiro atoms. The second-order valence-electron chi connectivity index (χ2n) is 7.67. The molecule has 158 valence electrons. The third-order valence-corrected chi connectivity index (χ3v) is 5.88. The standard InChI is InChI=1S/C22H23N7O2/c30-29(31)20-21(27-14-12-26(13-15-27)19-9-3-4-10-23-19)24-16-25-22(20)28-11-5-7-17-6-1-2-8-18(17)28/h1-4,6,8-10,16H,5,7,11-15H2. The molecule has 1 saturated heterocycles. The third kappa shape index (κ3) is 3.63. The summed E-state index contributed by atoms with van der Waals surface area (Å²) in [6.45, 7) is 3.40. The van der Waals surface area contributed by atoms with Gasteiger partial charge in [0.25, 0.3) is 0 Å². The molecular weight excluding hydrogens is 394 g/mol. The highest BCUT2D eigenvalue weighted by Gasteiger charge is 2.33. The summed E-state index contributed by atoms with van der Waals surface area (Å²) < 4.78 is 0. The number of pyridine rings is 1. The van der Waals surface area contributed by atoms with E-state index in [1.165, 1.54) is 11.9 Å². The lowest BCUT2D eigenvalue weighted by Crippen LogP contribution is -2.47. The highest BCUT2D eigenvalue weighted by Crippen LogP contribution is 2.40. The van der Waals surface area contributed by atoms with Crippen LogP contribution in [0.4, 0.5) is 28.8 Å². The number of aromatic nitrogens is 3. The van der Waals surface area contributed by atoms with E-state index in [0.717, 1.165) is 37.4 Å². The Hall–Kier alpha value is -3.75. The second-order valence-corrected chi connectivity index (χ2v) is 7.67. The maximum Gasteiger partial charge on any atom is 0.353 e. The van der Waals surface area contributed by atoms with Crippen LogP contribution >= 0.6 is 0 Å². The van der Waals surface area contributed by atoms with Crippen molar-refractivity contribution in [1.82, 2.24) is 15.0 Å². The van der Waals surface area contributed by atoms with Crippen molar-refractivity contribution in [3.05, 3.63) is 70.7 Å². The summed E-state index contributed by atoms with van der Waals surface area (Å²) in [5, 5.41) is 12.2. The number of anilines is 4. The van der Waals surface area contributed by atoms with E-state index in [0.29, 0.717) is 31.3 Å². The molecule has 5 rings (SSSR count). The number of hydrogen-bond acceptors (Lipinski definition) is 8. The van der Waals surface area contributed by atoms with Gasteiger partial charge in [0.15, 0.2) is 0 Å². The fraction of sp³-hybridized carbons (Fsp3) is 0.318. The van der Waals surface area contributed by atoms with Gasteiger partial charge in [-0.1, -0.05) is 24.3 Å². The number of nitro groups is 1. The van der Waals surface area contributed by atoms with Crippen molar-refractivity contribution < 1.29 is 4.92 Å². The molecule has 0 unspecified atom stereocenters. The van der Waals surface area contributed by atoms with Gasteiger partial charge in [-0.25, -0.2) is 15.0 Å². The predicted molar refractivity (Wildman–Crippen MR) is 119 cm³/mol. The quantitative estimate of drug-likeness (QED) is 0.472. The normalized spacial score (nSPS) is 16.2. The highest BCUT2D eigenvalue weighted by atomic mass is 16.6. The molecular formula is C22H23N7O2. The van der Waals surface area contributed by atoms with Crippen LogP contribution in [0.25, 0.3) is 0 Å². The molecule has 0 N–H and O–H groups in total. The van der Waals surface area contributed by atoms with Gasteiger partial charge < -0.3 is 14.7 Å². The molecule has 9 nitrogen and oxygen atoms in total. The summed E-state index contributed by atoms with van der Waals surface area (Å²) in [5.74, 6) is 1.68. The average molecular weight is 417 g/mol. The molecule has 31 heavy (non-hydrogen) atoms. The zero-order valence-electron chi connectivity index (χ0n) is 17.1. The van der Waals surface area contributed by atoms with Crippen LogP contribution in [0.2, 0.25) is 0 Å². The summed E-state index contributed by atoms with van der Waals surface area (Å²) >= 11 is 0. The van der Waals surface area contributed by atoms with Crippen LogP contribution in [-0.4, -0.2) is 52.6 Å². The number of fused-ring (bicyclic) bond motifs is 1. The fourth-order valence-electron chi connectivity index (χ4n) is 4.39. The predicted octanol–water partition coefficient (Wildman–Crippen LogP) is 3.19. The van der Waals surface area contributed by atoms with Crippen LogP contribution < -0.4 is 14.7 Å². The van der Waals surface area contributed by atoms with Crippen LogP contribution in [0.5, 0.6) is 0 Å². The van der Waals surface area contributed by atoms with Gasteiger partial charge in [0.05, 0.1) is 4.92 Å². The SMILES string of the molecule is O=[N+]([O-])c1c(N2CCN(c3ccccn3)CC2)ncnc1N1CCCc2ccccc21. The van der Waals surface area contributed by atoms with E-state index >= 15 is 0 Å². The Morgan fingerprint density at radius 3 is 2.35 bits per heavy atom. The Morgan fingerprint density at radius 2 is 1.58 bits per heavy atom. The minimum Gasteiger partial charge on any atom is -0.353 e. The summed E-state index contributed by atoms with van der Waals surface area (Å²) in [5.41, 5.74) is 2.15. The molecule has 0 amide bonds. The molecule has 1 fully saturated rings. The van der Waals surface area contributed by atoms with Gasteiger partial charge in [-0.05, 0) is 36.6 Å². The monoisotopic (exact) mass is 417 g/mol. The number of benzene rings is 1. The minimum atomic E-state index is -0.340. The van der Waals surface area contributed by atoms with Crippen LogP contribution in [-0.2, 0) is 6.42 Å². The molecule has 0 atom stereocenters. The van der Waals surface area contributed by atoms with Crippen molar-refractivity contribution in [2.24, 2.45) is 0 Å². The summed E-state index contributed by atoms with van der Waals surface area (Å²) in [4.78, 5) is 31.1. The third-order valence-electron chi connectivity index (χ3n) is 5.88. The molecule has 0 aliphatic carbocycles. The van der Waals surface area contributed by atoms with Crippen molar-refractivity contribution in [2.75, 3.05) is 47.4 Å². The molecule has 0 saturated carbocycles. The smallest absolute Gasteiger partial charge is 0.353 e. The second kappa shape index (κ2) is 8.17. The van der Waals surface area contributed by atoms with Crippen molar-refractivity contribution in [2.45, 2.75) is 12.8 Å². The largest absolute Gasteiger partial charge is 0.353 e. The van der Waals surface area contributed by atoms with Gasteiger partial charge in [0, 0.05) is 44.6 Å². The van der Waals surface area contributed by atoms with Gasteiger partial charge in [0.1, 0.15) is 12.1 Å². The summed E-state index contributed by atoms with van der Waals surface area (Å²) in [6.07, 6.45) is 5.11. The van der Waals surface area contributed by atoms with E-state index in [9.17, 15) is 10.1 Å². The van der Waals surface area contributed by atoms with Gasteiger partial charge in [-0.2, -0.15) is 0 Å². The Balaban J connectivity index is 1.46. The lowest BCUT2D eigenvalue weighted by Gasteiger charge is -2.36. The first-order valence-corrected chi connectivity index (χ1v) is 10.5. The van der Waals surface area contributed by atoms with E-state index in [2.05, 4.69) is 25.9 Å². The van der Waals surface area contributed by atoms with Crippen molar-refractivity contribution in [1.29, 1.82) is 0 Å². The molecule has 1 aromatic carbocycles. The van der Waals surface area contributed by atoms with Crippen LogP contribution in [0, 0.1) is 10.1 Å². The lowest BCUT2D eigenvalue weighted by atomic mass is 10.0. The van der Waals surface area contributed by atoms with Crippen molar-refractivity contribution in [3.63, 3.8) is 0 Å². The van der Waals surface area contributed by atoms with E-state index in [1.54, 1.807) is 6.20 Å². The number of para-hydroxylation sites is 1. The highest BCUT2D eigenvalue weighted by molar-refractivity contribution is 5.78.